The van der Waals surface area contributed by atoms with Gasteiger partial charge in [-0.05, 0) is 22.9 Å². The lowest BCUT2D eigenvalue weighted by Gasteiger charge is -2.04. The predicted molar refractivity (Wildman–Crippen MR) is 94.1 cm³/mol. The summed E-state index contributed by atoms with van der Waals surface area (Å²) in [5, 5.41) is 5.45. The van der Waals surface area contributed by atoms with Crippen molar-refractivity contribution in [3.8, 4) is 20.9 Å². The van der Waals surface area contributed by atoms with Crippen molar-refractivity contribution >= 4 is 68.6 Å². The van der Waals surface area contributed by atoms with Crippen molar-refractivity contribution in [2.24, 2.45) is 0 Å². The van der Waals surface area contributed by atoms with Gasteiger partial charge in [-0.2, -0.15) is 8.75 Å². The zero-order chi connectivity index (χ0) is 14.4. The molecule has 1 aromatic carbocycles. The number of thiophene rings is 2. The Morgan fingerprint density at radius 3 is 1.57 bits per heavy atom. The van der Waals surface area contributed by atoms with Gasteiger partial charge in [-0.15, -0.1) is 22.7 Å². The van der Waals surface area contributed by atoms with E-state index in [0.29, 0.717) is 0 Å². The van der Waals surface area contributed by atoms with Crippen molar-refractivity contribution in [1.82, 2.24) is 8.75 Å². The molecule has 0 unspecified atom stereocenters. The Morgan fingerprint density at radius 1 is 0.714 bits per heavy atom. The second kappa shape index (κ2) is 5.34. The lowest BCUT2D eigenvalue weighted by Crippen LogP contribution is -1.83. The van der Waals surface area contributed by atoms with Crippen LogP contribution in [0.15, 0.2) is 35.0 Å². The fourth-order valence-electron chi connectivity index (χ4n) is 2.20. The highest BCUT2D eigenvalue weighted by atomic mass is 35.5. The van der Waals surface area contributed by atoms with Crippen LogP contribution in [0, 0.1) is 0 Å². The smallest absolute Gasteiger partial charge is 0.114 e. The first-order chi connectivity index (χ1) is 10.3. The first kappa shape index (κ1) is 13.7. The molecule has 0 N–H and O–H groups in total. The number of rotatable bonds is 2. The number of benzene rings is 1. The second-order valence-electron chi connectivity index (χ2n) is 4.32. The lowest BCUT2D eigenvalue weighted by molar-refractivity contribution is 1.63. The van der Waals surface area contributed by atoms with Gasteiger partial charge in [-0.3, -0.25) is 0 Å². The van der Waals surface area contributed by atoms with Crippen molar-refractivity contribution < 1.29 is 0 Å². The summed E-state index contributed by atoms with van der Waals surface area (Å²) in [6, 6.07) is 7.90. The minimum absolute atomic E-state index is 0.746. The molecule has 0 amide bonds. The third kappa shape index (κ3) is 2.20. The molecular weight excluding hydrogens is 363 g/mol. The summed E-state index contributed by atoms with van der Waals surface area (Å²) < 4.78 is 8.91. The molecule has 4 aromatic rings. The molecular formula is C14H6Cl2N2S3. The van der Waals surface area contributed by atoms with E-state index < -0.39 is 0 Å². The molecule has 0 aliphatic heterocycles. The summed E-state index contributed by atoms with van der Waals surface area (Å²) in [4.78, 5) is 2.05. The molecule has 0 fully saturated rings. The number of hydrogen-bond acceptors (Lipinski definition) is 5. The van der Waals surface area contributed by atoms with E-state index in [1.807, 2.05) is 35.0 Å². The SMILES string of the molecule is Clc1ccsc1-c1ccc(-c2sccc2Cl)c2nsnc12. The Kier molecular flexibility index (Phi) is 3.47. The molecule has 0 bridgehead atoms. The molecule has 4 rings (SSSR count). The van der Waals surface area contributed by atoms with E-state index in [0.717, 1.165) is 42.0 Å². The van der Waals surface area contributed by atoms with Gasteiger partial charge in [0.15, 0.2) is 0 Å². The highest BCUT2D eigenvalue weighted by molar-refractivity contribution is 7.15. The molecule has 21 heavy (non-hydrogen) atoms. The normalized spacial score (nSPS) is 11.3. The largest absolute Gasteiger partial charge is 0.172 e. The number of aromatic nitrogens is 2. The number of hydrogen-bond donors (Lipinski definition) is 0. The number of fused-ring (bicyclic) bond motifs is 1. The van der Waals surface area contributed by atoms with Crippen molar-refractivity contribution in [3.63, 3.8) is 0 Å². The maximum absolute atomic E-state index is 6.25. The van der Waals surface area contributed by atoms with E-state index in [1.54, 1.807) is 22.7 Å². The van der Waals surface area contributed by atoms with Crippen LogP contribution in [0.1, 0.15) is 0 Å². The summed E-state index contributed by atoms with van der Waals surface area (Å²) in [7, 11) is 0. The van der Waals surface area contributed by atoms with E-state index in [-0.39, 0.29) is 0 Å². The molecule has 2 nitrogen and oxygen atoms in total. The van der Waals surface area contributed by atoms with Crippen molar-refractivity contribution in [2.45, 2.75) is 0 Å². The van der Waals surface area contributed by atoms with Crippen LogP contribution >= 0.6 is 57.6 Å². The van der Waals surface area contributed by atoms with Crippen molar-refractivity contribution in [1.29, 1.82) is 0 Å². The first-order valence-corrected chi connectivity index (χ1v) is 9.22. The highest BCUT2D eigenvalue weighted by Gasteiger charge is 2.17. The molecule has 0 aliphatic carbocycles. The number of halogens is 2. The van der Waals surface area contributed by atoms with Gasteiger partial charge < -0.3 is 0 Å². The quantitative estimate of drug-likeness (QED) is 0.405. The fraction of sp³-hybridized carbons (Fsp3) is 0. The number of nitrogens with zero attached hydrogens (tertiary/aromatic N) is 2. The predicted octanol–water partition coefficient (Wildman–Crippen LogP) is 6.46. The van der Waals surface area contributed by atoms with Gasteiger partial charge in [-0.25, -0.2) is 0 Å². The maximum atomic E-state index is 6.25. The van der Waals surface area contributed by atoms with E-state index in [1.165, 1.54) is 11.7 Å². The molecule has 0 spiro atoms. The van der Waals surface area contributed by atoms with Gasteiger partial charge in [0.05, 0.1) is 31.5 Å². The van der Waals surface area contributed by atoms with E-state index in [9.17, 15) is 0 Å². The fourth-order valence-corrected chi connectivity index (χ4v) is 5.15. The Morgan fingerprint density at radius 2 is 1.19 bits per heavy atom. The lowest BCUT2D eigenvalue weighted by atomic mass is 10.1. The monoisotopic (exact) mass is 368 g/mol. The van der Waals surface area contributed by atoms with Gasteiger partial charge in [0, 0.05) is 11.1 Å². The molecule has 0 saturated carbocycles. The van der Waals surface area contributed by atoms with E-state index in [4.69, 9.17) is 23.2 Å². The zero-order valence-corrected chi connectivity index (χ0v) is 14.3. The van der Waals surface area contributed by atoms with Crippen LogP contribution in [0.25, 0.3) is 31.9 Å². The van der Waals surface area contributed by atoms with Gasteiger partial charge in [-0.1, -0.05) is 35.3 Å². The molecule has 3 heterocycles. The van der Waals surface area contributed by atoms with Gasteiger partial charge in [0.2, 0.25) is 0 Å². The Balaban J connectivity index is 2.01. The minimum atomic E-state index is 0.746. The van der Waals surface area contributed by atoms with Gasteiger partial charge >= 0.3 is 0 Å². The first-order valence-electron chi connectivity index (χ1n) is 5.97. The second-order valence-corrected chi connectivity index (χ2v) is 7.49. The molecule has 0 radical (unpaired) electrons. The molecule has 104 valence electrons. The summed E-state index contributed by atoms with van der Waals surface area (Å²) in [6.07, 6.45) is 0. The van der Waals surface area contributed by atoms with E-state index in [2.05, 4.69) is 8.75 Å². The molecule has 7 heteroatoms. The van der Waals surface area contributed by atoms with Crippen molar-refractivity contribution in [2.75, 3.05) is 0 Å². The van der Waals surface area contributed by atoms with Crippen LogP contribution in [-0.4, -0.2) is 8.75 Å². The van der Waals surface area contributed by atoms with Crippen LogP contribution in [-0.2, 0) is 0 Å². The summed E-state index contributed by atoms with van der Waals surface area (Å²) in [5.74, 6) is 0. The standard InChI is InChI=1S/C14H6Cl2N2S3/c15-9-3-5-19-13(9)7-1-2-8(12-11(7)17-21-18-12)14-10(16)4-6-20-14/h1-6H. The van der Waals surface area contributed by atoms with Crippen LogP contribution < -0.4 is 0 Å². The van der Waals surface area contributed by atoms with Gasteiger partial charge in [0.25, 0.3) is 0 Å². The third-order valence-corrected chi connectivity index (χ3v) is 6.42. The Hall–Kier alpha value is -0.980. The third-order valence-electron chi connectivity index (χ3n) is 3.14. The minimum Gasteiger partial charge on any atom is -0.172 e. The zero-order valence-electron chi connectivity index (χ0n) is 10.3. The van der Waals surface area contributed by atoms with Crippen LogP contribution in [0.3, 0.4) is 0 Å². The molecule has 0 aliphatic rings. The van der Waals surface area contributed by atoms with Crippen LogP contribution in [0.5, 0.6) is 0 Å². The van der Waals surface area contributed by atoms with Gasteiger partial charge in [0.1, 0.15) is 11.0 Å². The van der Waals surface area contributed by atoms with Crippen LogP contribution in [0.4, 0.5) is 0 Å². The van der Waals surface area contributed by atoms with Crippen molar-refractivity contribution in [3.05, 3.63) is 45.1 Å². The summed E-state index contributed by atoms with van der Waals surface area (Å²) in [6.45, 7) is 0. The van der Waals surface area contributed by atoms with E-state index >= 15 is 0 Å². The summed E-state index contributed by atoms with van der Waals surface area (Å²) >= 11 is 16.9. The Labute approximate surface area is 142 Å². The highest BCUT2D eigenvalue weighted by Crippen LogP contribution is 2.42. The maximum Gasteiger partial charge on any atom is 0.114 e. The Bertz CT molecular complexity index is 864. The summed E-state index contributed by atoms with van der Waals surface area (Å²) in [5.41, 5.74) is 3.81. The molecule has 0 atom stereocenters. The molecule has 3 aromatic heterocycles. The van der Waals surface area contributed by atoms with Crippen LogP contribution in [0.2, 0.25) is 10.0 Å². The molecule has 0 saturated heterocycles. The average Bonchev–Trinajstić information content (AvgIpc) is 3.18. The topological polar surface area (TPSA) is 25.8 Å². The average molecular weight is 369 g/mol.